The topological polar surface area (TPSA) is 140 Å². The van der Waals surface area contributed by atoms with Crippen molar-refractivity contribution in [3.8, 4) is 0 Å². The summed E-state index contributed by atoms with van der Waals surface area (Å²) in [7, 11) is 0. The summed E-state index contributed by atoms with van der Waals surface area (Å²) in [5, 5.41) is 31.7. The van der Waals surface area contributed by atoms with Gasteiger partial charge in [-0.3, -0.25) is 25.0 Å². The lowest BCUT2D eigenvalue weighted by Gasteiger charge is -2.04. The van der Waals surface area contributed by atoms with Crippen molar-refractivity contribution in [3.05, 3.63) is 79.9 Å². The molecule has 11 heteroatoms. The number of hydrogen-bond donors (Lipinski definition) is 1. The minimum Gasteiger partial charge on any atom is -0.303 e. The minimum absolute atomic E-state index is 0.0222. The zero-order chi connectivity index (χ0) is 20.1. The number of carbonyl (C=O) groups excluding carboxylic acids is 1. The van der Waals surface area contributed by atoms with E-state index in [1.807, 2.05) is 0 Å². The molecule has 1 saturated heterocycles. The fourth-order valence-electron chi connectivity index (χ4n) is 2.43. The smallest absolute Gasteiger partial charge is 0.269 e. The summed E-state index contributed by atoms with van der Waals surface area (Å²) in [5.41, 5.74) is 1.25. The Morgan fingerprint density at radius 3 is 2.46 bits per heavy atom. The normalized spacial score (nSPS) is 17.8. The predicted octanol–water partition coefficient (Wildman–Crippen LogP) is 2.67. The molecule has 0 unspecified atom stereocenters. The van der Waals surface area contributed by atoms with Crippen LogP contribution in [0, 0.1) is 20.2 Å². The molecule has 1 aliphatic heterocycles. The average molecular weight is 399 g/mol. The highest BCUT2D eigenvalue weighted by Crippen LogP contribution is 2.25. The van der Waals surface area contributed by atoms with E-state index in [4.69, 9.17) is 0 Å². The number of carbonyl (C=O) groups is 1. The Bertz CT molecular complexity index is 990. The van der Waals surface area contributed by atoms with Crippen LogP contribution in [0.1, 0.15) is 11.1 Å². The average Bonchev–Trinajstić information content (AvgIpc) is 3.01. The molecule has 0 aliphatic carbocycles. The Morgan fingerprint density at radius 1 is 1.07 bits per heavy atom. The molecule has 1 fully saturated rings. The van der Waals surface area contributed by atoms with Crippen molar-refractivity contribution >= 4 is 40.4 Å². The minimum atomic E-state index is -0.493. The molecule has 1 atom stereocenters. The van der Waals surface area contributed by atoms with Gasteiger partial charge < -0.3 is 5.32 Å². The Kier molecular flexibility index (Phi) is 5.75. The van der Waals surface area contributed by atoms with E-state index in [1.165, 1.54) is 54.4 Å². The molecule has 0 radical (unpaired) electrons. The number of non-ortho nitro benzene ring substituents is 2. The Hall–Kier alpha value is -3.60. The van der Waals surface area contributed by atoms with Gasteiger partial charge in [0.25, 0.3) is 11.4 Å². The molecule has 1 aliphatic rings. The van der Waals surface area contributed by atoms with E-state index < -0.39 is 15.1 Å². The largest absolute Gasteiger partial charge is 0.303 e. The molecular weight excluding hydrogens is 386 g/mol. The molecule has 0 saturated carbocycles. The summed E-state index contributed by atoms with van der Waals surface area (Å²) in [6, 6.07) is 11.9. The van der Waals surface area contributed by atoms with Crippen molar-refractivity contribution in [2.24, 2.45) is 10.2 Å². The first kappa shape index (κ1) is 19.2. The lowest BCUT2D eigenvalue weighted by molar-refractivity contribution is -0.385. The molecule has 0 aromatic heterocycles. The van der Waals surface area contributed by atoms with Gasteiger partial charge in [-0.2, -0.15) is 5.10 Å². The third-order valence-electron chi connectivity index (χ3n) is 3.78. The van der Waals surface area contributed by atoms with Gasteiger partial charge in [0.1, 0.15) is 0 Å². The van der Waals surface area contributed by atoms with Crippen LogP contribution in [0.2, 0.25) is 0 Å². The maximum atomic E-state index is 12.1. The second-order valence-corrected chi connectivity index (χ2v) is 6.92. The summed E-state index contributed by atoms with van der Waals surface area (Å²) in [6.45, 7) is 0. The van der Waals surface area contributed by atoms with Gasteiger partial charge in [0.15, 0.2) is 5.17 Å². The van der Waals surface area contributed by atoms with Crippen LogP contribution in [0.3, 0.4) is 0 Å². The van der Waals surface area contributed by atoms with Gasteiger partial charge in [0, 0.05) is 24.3 Å². The molecule has 3 rings (SSSR count). The Morgan fingerprint density at radius 2 is 1.79 bits per heavy atom. The SMILES string of the molecule is O=C1N/C(=N\N=C\c2ccc([N+](=O)[O-])cc2)S[C@H]1Cc1cccc([N+](=O)[O-])c1. The van der Waals surface area contributed by atoms with Crippen molar-refractivity contribution in [1.82, 2.24) is 5.32 Å². The van der Waals surface area contributed by atoms with Crippen LogP contribution in [0.5, 0.6) is 0 Å². The number of rotatable bonds is 6. The van der Waals surface area contributed by atoms with Crippen LogP contribution in [0.4, 0.5) is 11.4 Å². The maximum absolute atomic E-state index is 12.1. The number of benzene rings is 2. The van der Waals surface area contributed by atoms with Crippen molar-refractivity contribution in [2.75, 3.05) is 0 Å². The van der Waals surface area contributed by atoms with E-state index in [1.54, 1.807) is 12.1 Å². The molecule has 2 aromatic carbocycles. The highest BCUT2D eigenvalue weighted by Gasteiger charge is 2.30. The molecule has 1 heterocycles. The zero-order valence-corrected chi connectivity index (χ0v) is 15.0. The highest BCUT2D eigenvalue weighted by molar-refractivity contribution is 8.15. The zero-order valence-electron chi connectivity index (χ0n) is 14.2. The molecule has 10 nitrogen and oxygen atoms in total. The van der Waals surface area contributed by atoms with E-state index in [-0.39, 0.29) is 17.3 Å². The van der Waals surface area contributed by atoms with Crippen LogP contribution < -0.4 is 5.32 Å². The van der Waals surface area contributed by atoms with Gasteiger partial charge in [-0.05, 0) is 29.7 Å². The van der Waals surface area contributed by atoms with Gasteiger partial charge >= 0.3 is 0 Å². The third-order valence-corrected chi connectivity index (χ3v) is 4.85. The molecule has 142 valence electrons. The maximum Gasteiger partial charge on any atom is 0.269 e. The predicted molar refractivity (Wildman–Crippen MR) is 104 cm³/mol. The first-order valence-electron chi connectivity index (χ1n) is 7.99. The number of nitrogens with zero attached hydrogens (tertiary/aromatic N) is 4. The highest BCUT2D eigenvalue weighted by atomic mass is 32.2. The van der Waals surface area contributed by atoms with Crippen molar-refractivity contribution in [3.63, 3.8) is 0 Å². The summed E-state index contributed by atoms with van der Waals surface area (Å²) in [4.78, 5) is 32.6. The number of nitrogens with one attached hydrogen (secondary N) is 1. The molecule has 1 amide bonds. The number of thioether (sulfide) groups is 1. The first-order chi connectivity index (χ1) is 13.4. The second-order valence-electron chi connectivity index (χ2n) is 5.73. The summed E-state index contributed by atoms with van der Waals surface area (Å²) >= 11 is 1.19. The van der Waals surface area contributed by atoms with Crippen molar-refractivity contribution in [1.29, 1.82) is 0 Å². The van der Waals surface area contributed by atoms with E-state index in [9.17, 15) is 25.0 Å². The Balaban J connectivity index is 1.62. The summed E-state index contributed by atoms with van der Waals surface area (Å²) < 4.78 is 0. The molecule has 0 bridgehead atoms. The van der Waals surface area contributed by atoms with Gasteiger partial charge in [0.2, 0.25) is 5.91 Å². The van der Waals surface area contributed by atoms with Gasteiger partial charge in [-0.15, -0.1) is 5.10 Å². The third kappa shape index (κ3) is 4.76. The number of amidine groups is 1. The lowest BCUT2D eigenvalue weighted by atomic mass is 10.1. The van der Waals surface area contributed by atoms with Crippen molar-refractivity contribution in [2.45, 2.75) is 11.7 Å². The fraction of sp³-hybridized carbons (Fsp3) is 0.118. The number of nitro groups is 2. The van der Waals surface area contributed by atoms with Crippen LogP contribution >= 0.6 is 11.8 Å². The molecule has 1 N–H and O–H groups in total. The standard InChI is InChI=1S/C17H13N5O5S/c23-16-15(9-12-2-1-3-14(8-12)22(26)27)28-17(19-16)20-18-10-11-4-6-13(7-5-11)21(24)25/h1-8,10,15H,9H2,(H,19,20,23)/b18-10+/t15-/m0/s1. The van der Waals surface area contributed by atoms with E-state index >= 15 is 0 Å². The monoisotopic (exact) mass is 399 g/mol. The molecule has 0 spiro atoms. The molecular formula is C17H13N5O5S. The second kappa shape index (κ2) is 8.39. The van der Waals surface area contributed by atoms with Gasteiger partial charge in [-0.1, -0.05) is 23.9 Å². The number of hydrogen-bond acceptors (Lipinski definition) is 8. The summed E-state index contributed by atoms with van der Waals surface area (Å²) in [6.07, 6.45) is 1.74. The molecule has 28 heavy (non-hydrogen) atoms. The van der Waals surface area contributed by atoms with Gasteiger partial charge in [0.05, 0.1) is 21.3 Å². The van der Waals surface area contributed by atoms with E-state index in [0.29, 0.717) is 22.7 Å². The van der Waals surface area contributed by atoms with Crippen LogP contribution in [0.25, 0.3) is 0 Å². The quantitative estimate of drug-likeness (QED) is 0.450. The van der Waals surface area contributed by atoms with Crippen LogP contribution in [0.15, 0.2) is 58.7 Å². The fourth-order valence-corrected chi connectivity index (χ4v) is 3.39. The first-order valence-corrected chi connectivity index (χ1v) is 8.86. The van der Waals surface area contributed by atoms with Crippen LogP contribution in [-0.2, 0) is 11.2 Å². The Labute approximate surface area is 162 Å². The lowest BCUT2D eigenvalue weighted by Crippen LogP contribution is -2.25. The van der Waals surface area contributed by atoms with Gasteiger partial charge in [-0.25, -0.2) is 0 Å². The number of nitro benzene ring substituents is 2. The van der Waals surface area contributed by atoms with Crippen molar-refractivity contribution < 1.29 is 14.6 Å². The van der Waals surface area contributed by atoms with E-state index in [2.05, 4.69) is 15.5 Å². The summed E-state index contributed by atoms with van der Waals surface area (Å²) in [5.74, 6) is -0.249. The van der Waals surface area contributed by atoms with Crippen LogP contribution in [-0.4, -0.2) is 32.4 Å². The molecule has 2 aromatic rings. The van der Waals surface area contributed by atoms with E-state index in [0.717, 1.165) is 0 Å². The number of amides is 1.